The molecule has 0 fully saturated rings. The minimum absolute atomic E-state index is 0.0863. The molecule has 0 radical (unpaired) electrons. The summed E-state index contributed by atoms with van der Waals surface area (Å²) < 4.78 is 28.1. The van der Waals surface area contributed by atoms with Crippen LogP contribution in [0.1, 0.15) is 20.3 Å². The number of anilines is 1. The van der Waals surface area contributed by atoms with Crippen LogP contribution in [0.4, 0.5) is 5.69 Å². The quantitative estimate of drug-likeness (QED) is 0.789. The lowest BCUT2D eigenvalue weighted by molar-refractivity contribution is -0.140. The lowest BCUT2D eigenvalue weighted by Crippen LogP contribution is -2.44. The molecule has 25 heavy (non-hydrogen) atoms. The number of hydrogen-bond acceptors (Lipinski definition) is 4. The van der Waals surface area contributed by atoms with Crippen molar-refractivity contribution in [1.82, 2.24) is 4.72 Å². The van der Waals surface area contributed by atoms with Gasteiger partial charge in [-0.15, -0.1) is 0 Å². The van der Waals surface area contributed by atoms with Gasteiger partial charge < -0.3 is 10.0 Å². The topological polar surface area (TPSA) is 86.7 Å². The lowest BCUT2D eigenvalue weighted by atomic mass is 10.0. The van der Waals surface area contributed by atoms with E-state index in [4.69, 9.17) is 0 Å². The molecule has 2 atom stereocenters. The van der Waals surface area contributed by atoms with Crippen LogP contribution >= 0.6 is 0 Å². The van der Waals surface area contributed by atoms with Gasteiger partial charge in [-0.2, -0.15) is 4.72 Å². The molecule has 0 aliphatic rings. The molecule has 0 aromatic heterocycles. The van der Waals surface area contributed by atoms with Crippen LogP contribution in [-0.4, -0.2) is 39.6 Å². The fourth-order valence-electron chi connectivity index (χ4n) is 2.77. The van der Waals surface area contributed by atoms with Crippen LogP contribution in [0.2, 0.25) is 0 Å². The third kappa shape index (κ3) is 3.93. The highest BCUT2D eigenvalue weighted by Crippen LogP contribution is 2.30. The Morgan fingerprint density at radius 1 is 1.16 bits per heavy atom. The fourth-order valence-corrected chi connectivity index (χ4v) is 4.28. The van der Waals surface area contributed by atoms with E-state index in [1.54, 1.807) is 25.1 Å². The Kier molecular flexibility index (Phi) is 5.69. The highest BCUT2D eigenvalue weighted by atomic mass is 32.2. The van der Waals surface area contributed by atoms with E-state index in [-0.39, 0.29) is 10.8 Å². The first-order valence-corrected chi connectivity index (χ1v) is 9.61. The molecule has 0 aliphatic carbocycles. The minimum atomic E-state index is -3.98. The van der Waals surface area contributed by atoms with E-state index in [9.17, 15) is 18.3 Å². The summed E-state index contributed by atoms with van der Waals surface area (Å²) in [4.78, 5) is 13.5. The van der Waals surface area contributed by atoms with Crippen molar-refractivity contribution in [3.63, 3.8) is 0 Å². The summed E-state index contributed by atoms with van der Waals surface area (Å²) in [5.41, 5.74) is 0.895. The van der Waals surface area contributed by atoms with Crippen LogP contribution in [0.5, 0.6) is 0 Å². The number of carbonyl (C=O) groups is 1. The molecule has 2 aromatic rings. The van der Waals surface area contributed by atoms with Crippen LogP contribution in [0.15, 0.2) is 41.3 Å². The number of carboxylic acid groups (broad SMARTS) is 1. The van der Waals surface area contributed by atoms with Gasteiger partial charge in [0.25, 0.3) is 0 Å². The van der Waals surface area contributed by atoms with E-state index in [1.165, 1.54) is 6.07 Å². The SMILES string of the molecule is CCC(C)[C@H](NS(=O)(=O)c1cccc2c(N(C)C)cccc12)C(=O)O. The summed E-state index contributed by atoms with van der Waals surface area (Å²) in [6.07, 6.45) is 0.555. The average molecular weight is 364 g/mol. The van der Waals surface area contributed by atoms with Crippen molar-refractivity contribution >= 4 is 32.5 Å². The predicted molar refractivity (Wildman–Crippen MR) is 99.5 cm³/mol. The maximum Gasteiger partial charge on any atom is 0.322 e. The second-order valence-corrected chi connectivity index (χ2v) is 8.03. The monoisotopic (exact) mass is 364 g/mol. The Balaban J connectivity index is 2.57. The van der Waals surface area contributed by atoms with Gasteiger partial charge in [0, 0.05) is 30.6 Å². The Labute approximate surface area is 148 Å². The molecule has 2 aromatic carbocycles. The number of carboxylic acids is 1. The molecule has 2 rings (SSSR count). The van der Waals surface area contributed by atoms with E-state index < -0.39 is 22.0 Å². The number of nitrogens with one attached hydrogen (secondary N) is 1. The Morgan fingerprint density at radius 2 is 1.76 bits per heavy atom. The first kappa shape index (κ1) is 19.2. The highest BCUT2D eigenvalue weighted by molar-refractivity contribution is 7.89. The molecular weight excluding hydrogens is 340 g/mol. The van der Waals surface area contributed by atoms with Crippen molar-refractivity contribution in [2.24, 2.45) is 5.92 Å². The van der Waals surface area contributed by atoms with Crippen LogP contribution in [0.25, 0.3) is 10.8 Å². The average Bonchev–Trinajstić information content (AvgIpc) is 2.57. The fraction of sp³-hybridized carbons (Fsp3) is 0.389. The second kappa shape index (κ2) is 7.41. The van der Waals surface area contributed by atoms with Gasteiger partial charge >= 0.3 is 5.97 Å². The summed E-state index contributed by atoms with van der Waals surface area (Å²) in [5.74, 6) is -1.49. The zero-order valence-electron chi connectivity index (χ0n) is 14.9. The van der Waals surface area contributed by atoms with Gasteiger partial charge in [-0.3, -0.25) is 4.79 Å². The standard InChI is InChI=1S/C18H24N2O4S/c1-5-12(2)17(18(21)22)19-25(23,24)16-11-7-8-13-14(16)9-6-10-15(13)20(3)4/h6-12,17,19H,5H2,1-4H3,(H,21,22)/t12?,17-/m0/s1. The first-order valence-electron chi connectivity index (χ1n) is 8.13. The summed E-state index contributed by atoms with van der Waals surface area (Å²) in [7, 11) is -0.205. The number of sulfonamides is 1. The van der Waals surface area contributed by atoms with Crippen molar-refractivity contribution in [1.29, 1.82) is 0 Å². The van der Waals surface area contributed by atoms with Gasteiger partial charge in [-0.05, 0) is 18.1 Å². The first-order chi connectivity index (χ1) is 11.7. The summed E-state index contributed by atoms with van der Waals surface area (Å²) in [6, 6.07) is 9.29. The van der Waals surface area contributed by atoms with Crippen molar-refractivity contribution in [3.8, 4) is 0 Å². The molecule has 7 heteroatoms. The molecule has 0 aliphatic heterocycles. The molecule has 2 N–H and O–H groups in total. The number of nitrogens with zero attached hydrogens (tertiary/aromatic N) is 1. The second-order valence-electron chi connectivity index (χ2n) is 6.35. The molecule has 0 saturated heterocycles. The Hall–Kier alpha value is -2.12. The molecule has 6 nitrogen and oxygen atoms in total. The van der Waals surface area contributed by atoms with E-state index in [0.717, 1.165) is 11.1 Å². The zero-order valence-corrected chi connectivity index (χ0v) is 15.7. The Bertz CT molecular complexity index is 878. The predicted octanol–water partition coefficient (Wildman–Crippen LogP) is 2.68. The third-order valence-electron chi connectivity index (χ3n) is 4.39. The maximum absolute atomic E-state index is 12.9. The third-order valence-corrected chi connectivity index (χ3v) is 5.89. The highest BCUT2D eigenvalue weighted by Gasteiger charge is 2.30. The molecule has 0 amide bonds. The maximum atomic E-state index is 12.9. The Morgan fingerprint density at radius 3 is 2.32 bits per heavy atom. The van der Waals surface area contributed by atoms with Crippen molar-refractivity contribution < 1.29 is 18.3 Å². The summed E-state index contributed by atoms with van der Waals surface area (Å²) >= 11 is 0. The lowest BCUT2D eigenvalue weighted by Gasteiger charge is -2.21. The number of hydrogen-bond donors (Lipinski definition) is 2. The number of aliphatic carboxylic acids is 1. The van der Waals surface area contributed by atoms with E-state index in [1.807, 2.05) is 38.1 Å². The van der Waals surface area contributed by atoms with Crippen LogP contribution in [-0.2, 0) is 14.8 Å². The van der Waals surface area contributed by atoms with E-state index in [0.29, 0.717) is 11.8 Å². The van der Waals surface area contributed by atoms with Gasteiger partial charge in [0.1, 0.15) is 6.04 Å². The van der Waals surface area contributed by atoms with Crippen LogP contribution in [0, 0.1) is 5.92 Å². The van der Waals surface area contributed by atoms with Gasteiger partial charge in [0.2, 0.25) is 10.0 Å². The van der Waals surface area contributed by atoms with Gasteiger partial charge in [0.15, 0.2) is 0 Å². The summed E-state index contributed by atoms with van der Waals surface area (Å²) in [5, 5.41) is 10.7. The number of benzene rings is 2. The van der Waals surface area contributed by atoms with Crippen molar-refractivity contribution in [2.45, 2.75) is 31.2 Å². The van der Waals surface area contributed by atoms with Crippen molar-refractivity contribution in [3.05, 3.63) is 36.4 Å². The number of fused-ring (bicyclic) bond motifs is 1. The van der Waals surface area contributed by atoms with Gasteiger partial charge in [-0.25, -0.2) is 8.42 Å². The molecule has 1 unspecified atom stereocenters. The van der Waals surface area contributed by atoms with Crippen molar-refractivity contribution in [2.75, 3.05) is 19.0 Å². The largest absolute Gasteiger partial charge is 0.480 e. The van der Waals surface area contributed by atoms with Crippen LogP contribution in [0.3, 0.4) is 0 Å². The minimum Gasteiger partial charge on any atom is -0.480 e. The molecule has 136 valence electrons. The number of rotatable bonds is 7. The van der Waals surface area contributed by atoms with Crippen LogP contribution < -0.4 is 9.62 Å². The van der Waals surface area contributed by atoms with E-state index >= 15 is 0 Å². The zero-order chi connectivity index (χ0) is 18.8. The normalized spacial score (nSPS) is 14.2. The molecule has 0 saturated carbocycles. The van der Waals surface area contributed by atoms with E-state index in [2.05, 4.69) is 4.72 Å². The molecule has 0 spiro atoms. The summed E-state index contributed by atoms with van der Waals surface area (Å²) in [6.45, 7) is 3.55. The molecular formula is C18H24N2O4S. The van der Waals surface area contributed by atoms with Gasteiger partial charge in [0.05, 0.1) is 4.90 Å². The van der Waals surface area contributed by atoms with Gasteiger partial charge in [-0.1, -0.05) is 44.5 Å². The molecule has 0 bridgehead atoms. The molecule has 0 heterocycles. The smallest absolute Gasteiger partial charge is 0.322 e.